The highest BCUT2D eigenvalue weighted by atomic mass is 32.2. The predicted octanol–water partition coefficient (Wildman–Crippen LogP) is 3.45. The number of nitrogens with two attached hydrogens (primary N) is 1. The minimum absolute atomic E-state index is 0.0280. The zero-order valence-corrected chi connectivity index (χ0v) is 20.8. The Morgan fingerprint density at radius 2 is 1.81 bits per heavy atom. The van der Waals surface area contributed by atoms with E-state index in [4.69, 9.17) is 5.14 Å². The van der Waals surface area contributed by atoms with Crippen LogP contribution in [-0.4, -0.2) is 25.3 Å². The number of nitrogens with zero attached hydrogens (tertiary/aromatic N) is 3. The van der Waals surface area contributed by atoms with Gasteiger partial charge in [0.25, 0.3) is 5.91 Å². The first kappa shape index (κ1) is 26.1. The lowest BCUT2D eigenvalue weighted by molar-refractivity contribution is -0.117. The number of aliphatic hydroxyl groups excluding tert-OH is 1. The third-order valence-electron chi connectivity index (χ3n) is 4.86. The quantitative estimate of drug-likeness (QED) is 0.555. The molecule has 0 aliphatic rings. The van der Waals surface area contributed by atoms with Gasteiger partial charge in [-0.25, -0.2) is 14.3 Å². The third-order valence-corrected chi connectivity index (χ3v) is 8.27. The summed E-state index contributed by atoms with van der Waals surface area (Å²) >= 11 is 0.864. The molecular formula is C22H30N4O4S2. The topological polar surface area (TPSA) is 150 Å². The fraction of sp³-hybridized carbons (Fsp3) is 0.500. The second kappa shape index (κ2) is 9.77. The van der Waals surface area contributed by atoms with Crippen LogP contribution in [0.25, 0.3) is 0 Å². The Morgan fingerprint density at radius 1 is 1.28 bits per heavy atom. The highest BCUT2D eigenvalue weighted by Crippen LogP contribution is 2.32. The molecule has 2 aromatic rings. The lowest BCUT2D eigenvalue weighted by atomic mass is 9.85. The number of rotatable bonds is 7. The summed E-state index contributed by atoms with van der Waals surface area (Å²) < 4.78 is 16.9. The van der Waals surface area contributed by atoms with E-state index in [0.29, 0.717) is 5.56 Å². The number of aliphatic hydroxyl groups is 2. The zero-order chi connectivity index (χ0) is 24.4. The number of hydrogen-bond acceptors (Lipinski definition) is 7. The van der Waals surface area contributed by atoms with Crippen molar-refractivity contribution in [2.45, 2.75) is 76.2 Å². The van der Waals surface area contributed by atoms with Gasteiger partial charge in [-0.05, 0) is 54.5 Å². The Labute approximate surface area is 193 Å². The van der Waals surface area contributed by atoms with Gasteiger partial charge in [-0.3, -0.25) is 4.79 Å². The van der Waals surface area contributed by atoms with Crippen LogP contribution in [0, 0.1) is 11.3 Å². The molecule has 0 bridgehead atoms. The minimum Gasteiger partial charge on any atom is -0.390 e. The van der Waals surface area contributed by atoms with Crippen molar-refractivity contribution < 1.29 is 19.2 Å². The summed E-state index contributed by atoms with van der Waals surface area (Å²) in [4.78, 5) is 17.0. The van der Waals surface area contributed by atoms with Crippen molar-refractivity contribution in [3.05, 3.63) is 45.1 Å². The van der Waals surface area contributed by atoms with E-state index in [-0.39, 0.29) is 33.2 Å². The predicted molar refractivity (Wildman–Crippen MR) is 124 cm³/mol. The highest BCUT2D eigenvalue weighted by Gasteiger charge is 2.27. The van der Waals surface area contributed by atoms with E-state index >= 15 is 0 Å². The van der Waals surface area contributed by atoms with E-state index in [9.17, 15) is 24.5 Å². The fourth-order valence-electron chi connectivity index (χ4n) is 3.32. The summed E-state index contributed by atoms with van der Waals surface area (Å²) in [5.74, 6) is -0.557. The van der Waals surface area contributed by atoms with Gasteiger partial charge in [0.05, 0.1) is 30.4 Å². The van der Waals surface area contributed by atoms with Gasteiger partial charge in [0.1, 0.15) is 14.8 Å². The maximum atomic E-state index is 13.2. The van der Waals surface area contributed by atoms with Gasteiger partial charge in [0, 0.05) is 0 Å². The van der Waals surface area contributed by atoms with E-state index in [1.54, 1.807) is 12.1 Å². The van der Waals surface area contributed by atoms with Crippen molar-refractivity contribution in [3.63, 3.8) is 0 Å². The highest BCUT2D eigenvalue weighted by molar-refractivity contribution is 7.93. The monoisotopic (exact) mass is 478 g/mol. The van der Waals surface area contributed by atoms with E-state index in [0.717, 1.165) is 28.0 Å². The Balaban J connectivity index is 2.56. The number of amides is 1. The first-order valence-corrected chi connectivity index (χ1v) is 12.6. The number of nitriles is 1. The number of carbonyl (C=O) groups is 1. The SMILES string of the molecule is CC(C)c1cc(C#N)cc(C(C)C)c1CC(=O)N=[S@](N)(=O)c1sc(C(C)(C)O)nc1CO. The van der Waals surface area contributed by atoms with Crippen LogP contribution in [0.1, 0.15) is 86.3 Å². The molecule has 0 saturated carbocycles. The largest absolute Gasteiger partial charge is 0.390 e. The minimum atomic E-state index is -3.68. The Bertz CT molecular complexity index is 1150. The molecule has 4 N–H and O–H groups in total. The van der Waals surface area contributed by atoms with E-state index in [1.165, 1.54) is 13.8 Å². The summed E-state index contributed by atoms with van der Waals surface area (Å²) in [7, 11) is -3.68. The molecule has 0 unspecified atom stereocenters. The van der Waals surface area contributed by atoms with Crippen LogP contribution in [0.5, 0.6) is 0 Å². The Hall–Kier alpha value is -2.16. The third kappa shape index (κ3) is 5.79. The van der Waals surface area contributed by atoms with E-state index in [1.807, 2.05) is 27.7 Å². The van der Waals surface area contributed by atoms with Gasteiger partial charge in [-0.1, -0.05) is 27.7 Å². The molecule has 1 amide bonds. The molecule has 0 saturated heterocycles. The van der Waals surface area contributed by atoms with E-state index in [2.05, 4.69) is 15.4 Å². The maximum absolute atomic E-state index is 13.2. The van der Waals surface area contributed by atoms with Crippen LogP contribution in [-0.2, 0) is 33.3 Å². The summed E-state index contributed by atoms with van der Waals surface area (Å²) in [6.45, 7) is 10.3. The van der Waals surface area contributed by atoms with Gasteiger partial charge in [0.15, 0.2) is 9.92 Å². The molecular weight excluding hydrogens is 448 g/mol. The average Bonchev–Trinajstić information content (AvgIpc) is 3.13. The van der Waals surface area contributed by atoms with Crippen LogP contribution in [0.4, 0.5) is 0 Å². The molecule has 0 aliphatic carbocycles. The first-order valence-electron chi connectivity index (χ1n) is 10.2. The van der Waals surface area contributed by atoms with Crippen molar-refractivity contribution in [1.82, 2.24) is 4.98 Å². The lowest BCUT2D eigenvalue weighted by Crippen LogP contribution is -2.17. The van der Waals surface area contributed by atoms with Crippen molar-refractivity contribution in [3.8, 4) is 6.07 Å². The van der Waals surface area contributed by atoms with Crippen molar-refractivity contribution in [2.24, 2.45) is 9.50 Å². The zero-order valence-electron chi connectivity index (χ0n) is 19.2. The van der Waals surface area contributed by atoms with Crippen molar-refractivity contribution in [1.29, 1.82) is 5.26 Å². The molecule has 8 nitrogen and oxygen atoms in total. The number of carbonyl (C=O) groups excluding carboxylic acids is 1. The molecule has 2 rings (SSSR count). The van der Waals surface area contributed by atoms with Crippen LogP contribution < -0.4 is 5.14 Å². The molecule has 0 spiro atoms. The van der Waals surface area contributed by atoms with Crippen molar-refractivity contribution in [2.75, 3.05) is 0 Å². The van der Waals surface area contributed by atoms with Gasteiger partial charge in [-0.15, -0.1) is 15.7 Å². The summed E-state index contributed by atoms with van der Waals surface area (Å²) in [5, 5.41) is 35.3. The Morgan fingerprint density at radius 3 is 2.22 bits per heavy atom. The normalized spacial score (nSPS) is 13.8. The molecule has 32 heavy (non-hydrogen) atoms. The molecule has 0 aliphatic heterocycles. The summed E-state index contributed by atoms with van der Waals surface area (Å²) in [6, 6.07) is 5.69. The molecule has 1 aromatic heterocycles. The average molecular weight is 479 g/mol. The van der Waals surface area contributed by atoms with Gasteiger partial charge < -0.3 is 10.2 Å². The van der Waals surface area contributed by atoms with Crippen LogP contribution in [0.15, 0.2) is 20.7 Å². The Kier molecular flexibility index (Phi) is 7.96. The molecule has 174 valence electrons. The lowest BCUT2D eigenvalue weighted by Gasteiger charge is -2.19. The molecule has 1 aromatic carbocycles. The number of thiazole rings is 1. The van der Waals surface area contributed by atoms with Gasteiger partial charge in [0.2, 0.25) is 0 Å². The number of hydrogen-bond donors (Lipinski definition) is 3. The van der Waals surface area contributed by atoms with Crippen LogP contribution in [0.2, 0.25) is 0 Å². The molecule has 1 heterocycles. The number of aromatic nitrogens is 1. The molecule has 10 heteroatoms. The smallest absolute Gasteiger partial charge is 0.259 e. The summed E-state index contributed by atoms with van der Waals surface area (Å²) in [6.07, 6.45) is -0.119. The fourth-order valence-corrected chi connectivity index (χ4v) is 5.85. The van der Waals surface area contributed by atoms with Crippen molar-refractivity contribution >= 4 is 27.2 Å². The first-order chi connectivity index (χ1) is 14.7. The second-order valence-electron chi connectivity index (χ2n) is 8.76. The molecule has 1 atom stereocenters. The number of benzene rings is 1. The molecule has 0 radical (unpaired) electrons. The second-order valence-corrected chi connectivity index (χ2v) is 11.7. The summed E-state index contributed by atoms with van der Waals surface area (Å²) in [5.41, 5.74) is 1.69. The standard InChI is InChI=1S/C22H30N4O4S2/c1-12(2)15-7-14(10-23)8-16(13(3)4)17(15)9-19(28)26-32(24,30)20-18(11-27)25-21(31-20)22(5,6)29/h7-8,12-13,27,29H,9,11H2,1-6H3,(H2,24,26,28,30)/t32-/m0/s1. The maximum Gasteiger partial charge on any atom is 0.259 e. The van der Waals surface area contributed by atoms with E-state index < -0.39 is 28.0 Å². The van der Waals surface area contributed by atoms with Crippen LogP contribution >= 0.6 is 11.3 Å². The van der Waals surface area contributed by atoms with Crippen LogP contribution in [0.3, 0.4) is 0 Å². The van der Waals surface area contributed by atoms with Gasteiger partial charge in [-0.2, -0.15) is 5.26 Å². The molecule has 0 fully saturated rings. The van der Waals surface area contributed by atoms with Gasteiger partial charge >= 0.3 is 0 Å².